The molecule has 39 heavy (non-hydrogen) atoms. The SMILES string of the molecule is Cc1cc(C)c(CNC(=O)c2cc(Cl)c3c(c2C)OC(C2CCC(N4CC5COCC5C4)CC2)CO3)c(=O)[nH]1. The van der Waals surface area contributed by atoms with Gasteiger partial charge in [0, 0.05) is 59.9 Å². The first-order valence-electron chi connectivity index (χ1n) is 14.2. The molecule has 0 radical (unpaired) electrons. The maximum Gasteiger partial charge on any atom is 0.253 e. The number of pyridine rings is 1. The zero-order chi connectivity index (χ0) is 27.3. The molecule has 2 aromatic rings. The van der Waals surface area contributed by atoms with Crippen LogP contribution >= 0.6 is 11.6 Å². The molecule has 1 saturated carbocycles. The maximum absolute atomic E-state index is 13.2. The largest absolute Gasteiger partial charge is 0.484 e. The van der Waals surface area contributed by atoms with Crippen LogP contribution in [0.2, 0.25) is 5.02 Å². The van der Waals surface area contributed by atoms with Crippen molar-refractivity contribution >= 4 is 17.5 Å². The summed E-state index contributed by atoms with van der Waals surface area (Å²) in [6.07, 6.45) is 4.50. The van der Waals surface area contributed by atoms with Gasteiger partial charge in [0.05, 0.1) is 18.2 Å². The third-order valence-corrected chi connectivity index (χ3v) is 9.60. The number of hydrogen-bond donors (Lipinski definition) is 2. The van der Waals surface area contributed by atoms with Gasteiger partial charge in [-0.2, -0.15) is 0 Å². The Balaban J connectivity index is 1.11. The molecule has 8 nitrogen and oxygen atoms in total. The highest BCUT2D eigenvalue weighted by Crippen LogP contribution is 2.45. The Kier molecular flexibility index (Phi) is 7.37. The fraction of sp³-hybridized carbons (Fsp3) is 0.600. The minimum absolute atomic E-state index is 0.0633. The number of ether oxygens (including phenoxy) is 3. The summed E-state index contributed by atoms with van der Waals surface area (Å²) in [7, 11) is 0. The topological polar surface area (TPSA) is 92.9 Å². The number of halogens is 1. The van der Waals surface area contributed by atoms with Crippen LogP contribution in [0.1, 0.15) is 58.4 Å². The van der Waals surface area contributed by atoms with Crippen molar-refractivity contribution in [2.45, 2.75) is 65.1 Å². The zero-order valence-electron chi connectivity index (χ0n) is 23.0. The van der Waals surface area contributed by atoms with Crippen molar-refractivity contribution < 1.29 is 19.0 Å². The van der Waals surface area contributed by atoms with Gasteiger partial charge in [-0.25, -0.2) is 0 Å². The quantitative estimate of drug-likeness (QED) is 0.575. The van der Waals surface area contributed by atoms with Crippen molar-refractivity contribution in [2.24, 2.45) is 17.8 Å². The Bertz CT molecular complexity index is 1310. The van der Waals surface area contributed by atoms with E-state index >= 15 is 0 Å². The van der Waals surface area contributed by atoms with Crippen molar-refractivity contribution in [1.29, 1.82) is 0 Å². The molecule has 4 heterocycles. The van der Waals surface area contributed by atoms with Crippen molar-refractivity contribution in [3.8, 4) is 11.5 Å². The number of aryl methyl sites for hydroxylation is 2. The number of H-pyrrole nitrogens is 1. The summed E-state index contributed by atoms with van der Waals surface area (Å²) in [5.41, 5.74) is 3.11. The van der Waals surface area contributed by atoms with Gasteiger partial charge in [0.25, 0.3) is 11.5 Å². The molecule has 2 N–H and O–H groups in total. The zero-order valence-corrected chi connectivity index (χ0v) is 23.7. The van der Waals surface area contributed by atoms with Gasteiger partial charge in [-0.1, -0.05) is 11.6 Å². The Morgan fingerprint density at radius 2 is 1.74 bits per heavy atom. The highest BCUT2D eigenvalue weighted by Gasteiger charge is 2.42. The summed E-state index contributed by atoms with van der Waals surface area (Å²) in [4.78, 5) is 31.1. The molecular weight excluding hydrogens is 518 g/mol. The van der Waals surface area contributed by atoms with Crippen LogP contribution in [-0.4, -0.2) is 60.8 Å². The summed E-state index contributed by atoms with van der Waals surface area (Å²) >= 11 is 6.56. The summed E-state index contributed by atoms with van der Waals surface area (Å²) in [5, 5.41) is 3.24. The van der Waals surface area contributed by atoms with Crippen LogP contribution in [0.25, 0.3) is 0 Å². The second-order valence-corrected chi connectivity index (χ2v) is 12.3. The number of likely N-dealkylation sites (tertiary alicyclic amines) is 1. The second-order valence-electron chi connectivity index (χ2n) is 11.9. The van der Waals surface area contributed by atoms with E-state index in [-0.39, 0.29) is 24.1 Å². The van der Waals surface area contributed by atoms with Gasteiger partial charge in [-0.3, -0.25) is 14.5 Å². The highest BCUT2D eigenvalue weighted by atomic mass is 35.5. The Morgan fingerprint density at radius 1 is 1.03 bits per heavy atom. The van der Waals surface area contributed by atoms with E-state index in [2.05, 4.69) is 15.2 Å². The second kappa shape index (κ2) is 10.8. The average molecular weight is 556 g/mol. The van der Waals surface area contributed by atoms with Crippen LogP contribution in [0.4, 0.5) is 0 Å². The van der Waals surface area contributed by atoms with E-state index in [0.717, 1.165) is 49.1 Å². The first kappa shape index (κ1) is 26.7. The van der Waals surface area contributed by atoms with Gasteiger partial charge in [0.2, 0.25) is 0 Å². The highest BCUT2D eigenvalue weighted by molar-refractivity contribution is 6.32. The molecule has 3 atom stereocenters. The standard InChI is InChI=1S/C30H38ClN3O5/c1-16-8-17(2)33-30(36)24(16)10-32-29(35)23-9-25(31)28-27(18(23)3)39-26(15-38-28)19-4-6-22(7-5-19)34-11-20-13-37-14-21(20)12-34/h8-9,19-22,26H,4-7,10-15H2,1-3H3,(H,32,35)(H,33,36). The van der Waals surface area contributed by atoms with Gasteiger partial charge in [0.15, 0.2) is 11.5 Å². The van der Waals surface area contributed by atoms with Crippen LogP contribution < -0.4 is 20.3 Å². The van der Waals surface area contributed by atoms with E-state index in [9.17, 15) is 9.59 Å². The Morgan fingerprint density at radius 3 is 2.44 bits per heavy atom. The molecule has 3 fully saturated rings. The molecule has 3 aliphatic heterocycles. The average Bonchev–Trinajstić information content (AvgIpc) is 3.53. The van der Waals surface area contributed by atoms with E-state index in [4.69, 9.17) is 25.8 Å². The number of hydrogen-bond acceptors (Lipinski definition) is 6. The van der Waals surface area contributed by atoms with Gasteiger partial charge < -0.3 is 24.5 Å². The smallest absolute Gasteiger partial charge is 0.253 e. The lowest BCUT2D eigenvalue weighted by Gasteiger charge is -2.39. The third-order valence-electron chi connectivity index (χ3n) is 9.32. The number of aromatic amines is 1. The number of nitrogens with one attached hydrogen (secondary N) is 2. The number of aromatic nitrogens is 1. The number of amides is 1. The van der Waals surface area contributed by atoms with Gasteiger partial charge in [0.1, 0.15) is 12.7 Å². The lowest BCUT2D eigenvalue weighted by molar-refractivity contribution is 0.0199. The first-order valence-corrected chi connectivity index (χ1v) is 14.6. The molecule has 9 heteroatoms. The van der Waals surface area contributed by atoms with Crippen molar-refractivity contribution in [3.63, 3.8) is 0 Å². The van der Waals surface area contributed by atoms with Crippen LogP contribution in [0.3, 0.4) is 0 Å². The summed E-state index contributed by atoms with van der Waals surface area (Å²) in [6, 6.07) is 4.18. The molecule has 3 unspecified atom stereocenters. The molecule has 2 saturated heterocycles. The summed E-state index contributed by atoms with van der Waals surface area (Å²) in [6.45, 7) is 10.4. The van der Waals surface area contributed by atoms with E-state index in [1.54, 1.807) is 6.07 Å². The van der Waals surface area contributed by atoms with Crippen molar-refractivity contribution in [1.82, 2.24) is 15.2 Å². The molecule has 0 bridgehead atoms. The van der Waals surface area contributed by atoms with E-state index in [0.29, 0.717) is 51.8 Å². The molecule has 1 aromatic carbocycles. The molecule has 0 spiro atoms. The molecule has 1 aliphatic carbocycles. The van der Waals surface area contributed by atoms with Crippen molar-refractivity contribution in [3.05, 3.63) is 55.5 Å². The number of fused-ring (bicyclic) bond motifs is 2. The van der Waals surface area contributed by atoms with E-state index in [1.807, 2.05) is 26.8 Å². The van der Waals surface area contributed by atoms with Crippen LogP contribution in [0, 0.1) is 38.5 Å². The Labute approximate surface area is 234 Å². The lowest BCUT2D eigenvalue weighted by atomic mass is 9.82. The number of nitrogens with zero attached hydrogens (tertiary/aromatic N) is 1. The Hall–Kier alpha value is -2.55. The van der Waals surface area contributed by atoms with Crippen LogP contribution in [0.15, 0.2) is 16.9 Å². The number of carbonyl (C=O) groups is 1. The first-order chi connectivity index (χ1) is 18.8. The molecule has 6 rings (SSSR count). The minimum Gasteiger partial charge on any atom is -0.484 e. The number of benzene rings is 1. The third kappa shape index (κ3) is 5.19. The van der Waals surface area contributed by atoms with Crippen molar-refractivity contribution in [2.75, 3.05) is 32.9 Å². The normalized spacial score (nSPS) is 28.4. The molecule has 210 valence electrons. The lowest BCUT2D eigenvalue weighted by Crippen LogP contribution is -2.43. The fourth-order valence-electron chi connectivity index (χ4n) is 7.02. The van der Waals surface area contributed by atoms with Gasteiger partial charge in [-0.15, -0.1) is 0 Å². The summed E-state index contributed by atoms with van der Waals surface area (Å²) < 4.78 is 18.3. The van der Waals surface area contributed by atoms with Crippen LogP contribution in [0.5, 0.6) is 11.5 Å². The van der Waals surface area contributed by atoms with Gasteiger partial charge in [-0.05, 0) is 70.1 Å². The van der Waals surface area contributed by atoms with Crippen LogP contribution in [-0.2, 0) is 11.3 Å². The predicted octanol–water partition coefficient (Wildman–Crippen LogP) is 4.16. The number of carbonyl (C=O) groups excluding carboxylic acids is 1. The van der Waals surface area contributed by atoms with E-state index in [1.165, 1.54) is 25.9 Å². The molecular formula is C30H38ClN3O5. The molecule has 1 amide bonds. The van der Waals surface area contributed by atoms with E-state index < -0.39 is 0 Å². The van der Waals surface area contributed by atoms with Gasteiger partial charge >= 0.3 is 0 Å². The maximum atomic E-state index is 13.2. The predicted molar refractivity (Wildman–Crippen MR) is 149 cm³/mol. The molecule has 4 aliphatic rings. The molecule has 1 aromatic heterocycles. The monoisotopic (exact) mass is 555 g/mol. The number of rotatable bonds is 5. The minimum atomic E-state index is -0.302. The summed E-state index contributed by atoms with van der Waals surface area (Å²) in [5.74, 6) is 2.61. The fourth-order valence-corrected chi connectivity index (χ4v) is 7.27.